The van der Waals surface area contributed by atoms with Crippen molar-refractivity contribution in [2.24, 2.45) is 0 Å². The smallest absolute Gasteiger partial charge is 0.336 e. The highest BCUT2D eigenvalue weighted by molar-refractivity contribution is 6.31. The molecule has 2 heterocycles. The van der Waals surface area contributed by atoms with E-state index in [9.17, 15) is 4.79 Å². The van der Waals surface area contributed by atoms with Crippen molar-refractivity contribution >= 4 is 45.1 Å². The molecular weight excluding hydrogens is 323 g/mol. The van der Waals surface area contributed by atoms with Crippen LogP contribution in [0.25, 0.3) is 33.3 Å². The Bertz CT molecular complexity index is 1080. The van der Waals surface area contributed by atoms with Crippen LogP contribution in [-0.2, 0) is 0 Å². The van der Waals surface area contributed by atoms with E-state index in [1.54, 1.807) is 30.3 Å². The molecule has 4 rings (SSSR count). The molecule has 3 nitrogen and oxygen atoms in total. The SMILES string of the molecule is O=c1cc(-c2cc3cc(Cl)ccc3o2)c2ccc(Cl)cc2o1. The van der Waals surface area contributed by atoms with Crippen LogP contribution in [0.4, 0.5) is 0 Å². The summed E-state index contributed by atoms with van der Waals surface area (Å²) in [5.41, 5.74) is 1.33. The highest BCUT2D eigenvalue weighted by atomic mass is 35.5. The molecule has 2 aromatic heterocycles. The first-order valence-corrected chi connectivity index (χ1v) is 7.29. The third-order valence-electron chi connectivity index (χ3n) is 3.45. The van der Waals surface area contributed by atoms with Gasteiger partial charge < -0.3 is 8.83 Å². The van der Waals surface area contributed by atoms with Crippen LogP contribution < -0.4 is 5.63 Å². The van der Waals surface area contributed by atoms with Gasteiger partial charge in [0.15, 0.2) is 0 Å². The zero-order valence-corrected chi connectivity index (χ0v) is 12.6. The van der Waals surface area contributed by atoms with E-state index < -0.39 is 5.63 Å². The highest BCUT2D eigenvalue weighted by Crippen LogP contribution is 2.33. The number of hydrogen-bond acceptors (Lipinski definition) is 3. The zero-order chi connectivity index (χ0) is 15.3. The van der Waals surface area contributed by atoms with Crippen LogP contribution in [0.1, 0.15) is 0 Å². The van der Waals surface area contributed by atoms with Crippen molar-refractivity contribution < 1.29 is 8.83 Å². The Morgan fingerprint density at radius 1 is 0.773 bits per heavy atom. The van der Waals surface area contributed by atoms with Gasteiger partial charge in [-0.25, -0.2) is 4.79 Å². The average molecular weight is 331 g/mol. The zero-order valence-electron chi connectivity index (χ0n) is 11.1. The maximum absolute atomic E-state index is 11.8. The van der Waals surface area contributed by atoms with Crippen LogP contribution in [0, 0.1) is 0 Å². The van der Waals surface area contributed by atoms with Gasteiger partial charge in [0.05, 0.1) is 0 Å². The second-order valence-corrected chi connectivity index (χ2v) is 5.79. The van der Waals surface area contributed by atoms with Gasteiger partial charge in [0.25, 0.3) is 0 Å². The minimum absolute atomic E-state index is 0.425. The van der Waals surface area contributed by atoms with E-state index in [2.05, 4.69) is 0 Å². The van der Waals surface area contributed by atoms with Crippen molar-refractivity contribution in [3.8, 4) is 11.3 Å². The van der Waals surface area contributed by atoms with Gasteiger partial charge >= 0.3 is 5.63 Å². The molecule has 0 radical (unpaired) electrons. The van der Waals surface area contributed by atoms with Crippen molar-refractivity contribution in [2.75, 3.05) is 0 Å². The minimum Gasteiger partial charge on any atom is -0.456 e. The molecule has 0 atom stereocenters. The molecule has 0 aliphatic carbocycles. The van der Waals surface area contributed by atoms with Crippen LogP contribution >= 0.6 is 23.2 Å². The molecule has 0 unspecified atom stereocenters. The topological polar surface area (TPSA) is 43.4 Å². The van der Waals surface area contributed by atoms with Crippen molar-refractivity contribution in [1.82, 2.24) is 0 Å². The van der Waals surface area contributed by atoms with E-state index in [4.69, 9.17) is 32.0 Å². The Morgan fingerprint density at radius 2 is 1.55 bits per heavy atom. The van der Waals surface area contributed by atoms with Gasteiger partial charge in [0.1, 0.15) is 16.9 Å². The summed E-state index contributed by atoms with van der Waals surface area (Å²) in [4.78, 5) is 11.8. The molecule has 4 aromatic rings. The summed E-state index contributed by atoms with van der Waals surface area (Å²) in [6, 6.07) is 13.8. The van der Waals surface area contributed by atoms with Crippen LogP contribution in [-0.4, -0.2) is 0 Å². The predicted octanol–water partition coefficient (Wildman–Crippen LogP) is 5.51. The fourth-order valence-electron chi connectivity index (χ4n) is 2.49. The van der Waals surface area contributed by atoms with E-state index in [-0.39, 0.29) is 0 Å². The molecule has 108 valence electrons. The highest BCUT2D eigenvalue weighted by Gasteiger charge is 2.13. The van der Waals surface area contributed by atoms with E-state index in [1.807, 2.05) is 12.1 Å². The summed E-state index contributed by atoms with van der Waals surface area (Å²) in [5.74, 6) is 0.581. The Balaban J connectivity index is 2.04. The molecule has 0 fully saturated rings. The van der Waals surface area contributed by atoms with Crippen molar-refractivity contribution in [3.05, 3.63) is 69.0 Å². The summed E-state index contributed by atoms with van der Waals surface area (Å²) in [6.45, 7) is 0. The van der Waals surface area contributed by atoms with E-state index in [0.717, 1.165) is 10.8 Å². The first kappa shape index (κ1) is 13.4. The van der Waals surface area contributed by atoms with E-state index in [0.29, 0.717) is 32.5 Å². The summed E-state index contributed by atoms with van der Waals surface area (Å²) in [7, 11) is 0. The van der Waals surface area contributed by atoms with Crippen molar-refractivity contribution in [2.45, 2.75) is 0 Å². The van der Waals surface area contributed by atoms with E-state index >= 15 is 0 Å². The van der Waals surface area contributed by atoms with Crippen molar-refractivity contribution in [3.63, 3.8) is 0 Å². The molecule has 22 heavy (non-hydrogen) atoms. The molecular formula is C17H8Cl2O3. The van der Waals surface area contributed by atoms with Gasteiger partial charge in [-0.2, -0.15) is 0 Å². The van der Waals surface area contributed by atoms with Crippen LogP contribution in [0.15, 0.2) is 62.2 Å². The number of halogens is 2. The standard InChI is InChI=1S/C17H8Cl2O3/c18-10-2-4-14-9(5-10)6-15(21-14)13-8-17(20)22-16-7-11(19)1-3-12(13)16/h1-8H. The molecule has 0 amide bonds. The molecule has 0 N–H and O–H groups in total. The fourth-order valence-corrected chi connectivity index (χ4v) is 2.83. The lowest BCUT2D eigenvalue weighted by molar-refractivity contribution is 0.560. The molecule has 0 saturated carbocycles. The molecule has 2 aromatic carbocycles. The summed E-state index contributed by atoms with van der Waals surface area (Å²) >= 11 is 11.9. The fraction of sp³-hybridized carbons (Fsp3) is 0. The van der Waals surface area contributed by atoms with Gasteiger partial charge in [0.2, 0.25) is 0 Å². The van der Waals surface area contributed by atoms with Crippen LogP contribution in [0.3, 0.4) is 0 Å². The summed E-state index contributed by atoms with van der Waals surface area (Å²) in [6.07, 6.45) is 0. The van der Waals surface area contributed by atoms with E-state index in [1.165, 1.54) is 6.07 Å². The van der Waals surface area contributed by atoms with Crippen LogP contribution in [0.5, 0.6) is 0 Å². The maximum atomic E-state index is 11.8. The number of fused-ring (bicyclic) bond motifs is 2. The Labute approximate surface area is 134 Å². The summed E-state index contributed by atoms with van der Waals surface area (Å²) < 4.78 is 11.0. The normalized spacial score (nSPS) is 11.4. The number of hydrogen-bond donors (Lipinski definition) is 0. The quantitative estimate of drug-likeness (QED) is 0.432. The monoisotopic (exact) mass is 330 g/mol. The molecule has 0 bridgehead atoms. The predicted molar refractivity (Wildman–Crippen MR) is 87.7 cm³/mol. The molecule has 0 aliphatic rings. The second kappa shape index (κ2) is 4.90. The Kier molecular flexibility index (Phi) is 2.99. The number of benzene rings is 2. The lowest BCUT2D eigenvalue weighted by atomic mass is 10.1. The largest absolute Gasteiger partial charge is 0.456 e. The molecule has 5 heteroatoms. The Morgan fingerprint density at radius 3 is 2.41 bits per heavy atom. The van der Waals surface area contributed by atoms with Crippen LogP contribution in [0.2, 0.25) is 10.0 Å². The van der Waals surface area contributed by atoms with Gasteiger partial charge in [-0.1, -0.05) is 23.2 Å². The number of furan rings is 1. The van der Waals surface area contributed by atoms with Crippen molar-refractivity contribution in [1.29, 1.82) is 0 Å². The minimum atomic E-state index is -0.455. The first-order chi connectivity index (χ1) is 10.6. The van der Waals surface area contributed by atoms with Gasteiger partial charge in [-0.05, 0) is 36.4 Å². The number of rotatable bonds is 1. The summed E-state index contributed by atoms with van der Waals surface area (Å²) in [5, 5.41) is 2.76. The van der Waals surface area contributed by atoms with Gasteiger partial charge in [-0.3, -0.25) is 0 Å². The van der Waals surface area contributed by atoms with Gasteiger partial charge in [-0.15, -0.1) is 0 Å². The average Bonchev–Trinajstić information content (AvgIpc) is 2.88. The maximum Gasteiger partial charge on any atom is 0.336 e. The first-order valence-electron chi connectivity index (χ1n) is 6.53. The van der Waals surface area contributed by atoms with Gasteiger partial charge in [0, 0.05) is 38.5 Å². The lowest BCUT2D eigenvalue weighted by Crippen LogP contribution is -1.97. The molecule has 0 aliphatic heterocycles. The third kappa shape index (κ3) is 2.19. The second-order valence-electron chi connectivity index (χ2n) is 4.91. The Hall–Kier alpha value is -2.23. The third-order valence-corrected chi connectivity index (χ3v) is 3.92. The molecule has 0 spiro atoms. The molecule has 0 saturated heterocycles. The lowest BCUT2D eigenvalue weighted by Gasteiger charge is -2.02.